The van der Waals surface area contributed by atoms with Gasteiger partial charge in [-0.25, -0.2) is 4.57 Å². The molecule has 3 heteroatoms. The maximum atomic E-state index is 4.24. The number of pyridine rings is 1. The van der Waals surface area contributed by atoms with Crippen LogP contribution in [-0.4, -0.2) is 9.55 Å². The van der Waals surface area contributed by atoms with E-state index in [9.17, 15) is 0 Å². The molecular formula is C8H10N3+. The van der Waals surface area contributed by atoms with E-state index < -0.39 is 0 Å². The minimum absolute atomic E-state index is 1.02. The number of aryl methyl sites for hydroxylation is 2. The van der Waals surface area contributed by atoms with Gasteiger partial charge in [-0.1, -0.05) is 0 Å². The van der Waals surface area contributed by atoms with Gasteiger partial charge in [0.25, 0.3) is 0 Å². The number of aromatic nitrogens is 3. The average molecular weight is 148 g/mol. The predicted molar refractivity (Wildman–Crippen MR) is 41.9 cm³/mol. The summed E-state index contributed by atoms with van der Waals surface area (Å²) in [5.74, 6) is 0. The van der Waals surface area contributed by atoms with Crippen molar-refractivity contribution >= 4 is 11.2 Å². The lowest BCUT2D eigenvalue weighted by atomic mass is 10.4. The number of hydrogen-bond acceptors (Lipinski definition) is 1. The Kier molecular flexibility index (Phi) is 1.18. The summed E-state index contributed by atoms with van der Waals surface area (Å²) in [6.45, 7) is 0. The second-order valence-electron chi connectivity index (χ2n) is 2.68. The van der Waals surface area contributed by atoms with E-state index in [0.717, 1.165) is 11.2 Å². The van der Waals surface area contributed by atoms with Gasteiger partial charge in [-0.2, -0.15) is 0 Å². The fraction of sp³-hybridized carbons (Fsp3) is 0.250. The molecule has 0 bridgehead atoms. The average Bonchev–Trinajstić information content (AvgIpc) is 2.35. The molecule has 11 heavy (non-hydrogen) atoms. The highest BCUT2D eigenvalue weighted by molar-refractivity contribution is 5.66. The van der Waals surface area contributed by atoms with E-state index >= 15 is 0 Å². The zero-order valence-electron chi connectivity index (χ0n) is 6.65. The van der Waals surface area contributed by atoms with Gasteiger partial charge in [0.2, 0.25) is 6.33 Å². The summed E-state index contributed by atoms with van der Waals surface area (Å²) in [6, 6.07) is 4.08. The fourth-order valence-corrected chi connectivity index (χ4v) is 1.23. The number of fused-ring (bicyclic) bond motifs is 1. The van der Waals surface area contributed by atoms with Gasteiger partial charge in [-0.3, -0.25) is 0 Å². The van der Waals surface area contributed by atoms with Crippen LogP contribution in [0.3, 0.4) is 0 Å². The molecule has 0 spiro atoms. The van der Waals surface area contributed by atoms with Crippen molar-refractivity contribution < 1.29 is 4.57 Å². The Morgan fingerprint density at radius 2 is 2.36 bits per heavy atom. The summed E-state index contributed by atoms with van der Waals surface area (Å²) >= 11 is 0. The first-order valence-corrected chi connectivity index (χ1v) is 3.55. The number of imidazole rings is 1. The molecule has 2 aromatic heterocycles. The largest absolute Gasteiger partial charge is 0.348 e. The minimum atomic E-state index is 1.02. The van der Waals surface area contributed by atoms with Crippen LogP contribution < -0.4 is 4.57 Å². The summed E-state index contributed by atoms with van der Waals surface area (Å²) in [6.07, 6.45) is 3.82. The minimum Gasteiger partial charge on any atom is -0.308 e. The second-order valence-corrected chi connectivity index (χ2v) is 2.68. The zero-order chi connectivity index (χ0) is 7.84. The SMILES string of the molecule is Cn1cnc2c1ccc[n+]2C. The fourth-order valence-electron chi connectivity index (χ4n) is 1.23. The van der Waals surface area contributed by atoms with E-state index in [2.05, 4.69) is 11.1 Å². The normalized spacial score (nSPS) is 10.7. The van der Waals surface area contributed by atoms with Crippen LogP contribution in [0.2, 0.25) is 0 Å². The molecule has 0 unspecified atom stereocenters. The highest BCUT2D eigenvalue weighted by Crippen LogP contribution is 2.03. The van der Waals surface area contributed by atoms with E-state index in [4.69, 9.17) is 0 Å². The van der Waals surface area contributed by atoms with Crippen molar-refractivity contribution in [2.24, 2.45) is 14.1 Å². The van der Waals surface area contributed by atoms with Gasteiger partial charge in [0.15, 0.2) is 0 Å². The quantitative estimate of drug-likeness (QED) is 0.495. The standard InChI is InChI=1S/C8H10N3/c1-10-5-3-4-7-8(10)9-6-11(7)2/h3-6H,1-2H3/q+1. The van der Waals surface area contributed by atoms with Crippen LogP contribution in [0.25, 0.3) is 11.2 Å². The van der Waals surface area contributed by atoms with Crippen LogP contribution in [0, 0.1) is 0 Å². The van der Waals surface area contributed by atoms with Crippen LogP contribution in [0.1, 0.15) is 0 Å². The van der Waals surface area contributed by atoms with Crippen LogP contribution in [-0.2, 0) is 14.1 Å². The monoisotopic (exact) mass is 148 g/mol. The molecule has 2 aromatic rings. The number of nitrogens with zero attached hydrogens (tertiary/aromatic N) is 3. The first-order valence-electron chi connectivity index (χ1n) is 3.55. The molecule has 2 rings (SSSR count). The van der Waals surface area contributed by atoms with Crippen LogP contribution in [0.4, 0.5) is 0 Å². The highest BCUT2D eigenvalue weighted by atomic mass is 15.1. The van der Waals surface area contributed by atoms with E-state index in [-0.39, 0.29) is 0 Å². The van der Waals surface area contributed by atoms with Crippen LogP contribution in [0.5, 0.6) is 0 Å². The van der Waals surface area contributed by atoms with Crippen LogP contribution >= 0.6 is 0 Å². The molecule has 0 aliphatic rings. The van der Waals surface area contributed by atoms with Gasteiger partial charge in [0.1, 0.15) is 5.52 Å². The van der Waals surface area contributed by atoms with Gasteiger partial charge >= 0.3 is 5.65 Å². The third-order valence-electron chi connectivity index (χ3n) is 1.86. The Balaban J connectivity index is 2.94. The molecule has 0 aliphatic carbocycles. The molecule has 0 saturated heterocycles. The summed E-state index contributed by atoms with van der Waals surface area (Å²) in [5, 5.41) is 0. The third kappa shape index (κ3) is 0.808. The topological polar surface area (TPSA) is 21.7 Å². The van der Waals surface area contributed by atoms with Gasteiger partial charge in [0, 0.05) is 7.05 Å². The first kappa shape index (κ1) is 6.34. The Labute approximate surface area is 64.9 Å². The van der Waals surface area contributed by atoms with Gasteiger partial charge < -0.3 is 4.57 Å². The summed E-state index contributed by atoms with van der Waals surface area (Å²) in [5.41, 5.74) is 2.19. The maximum absolute atomic E-state index is 4.24. The van der Waals surface area contributed by atoms with Crippen molar-refractivity contribution in [2.75, 3.05) is 0 Å². The molecule has 3 nitrogen and oxygen atoms in total. The van der Waals surface area contributed by atoms with Crippen molar-refractivity contribution in [1.29, 1.82) is 0 Å². The number of hydrogen-bond donors (Lipinski definition) is 0. The van der Waals surface area contributed by atoms with E-state index in [1.807, 2.05) is 41.8 Å². The van der Waals surface area contributed by atoms with Gasteiger partial charge in [-0.05, 0) is 17.1 Å². The Morgan fingerprint density at radius 3 is 3.09 bits per heavy atom. The molecular weight excluding hydrogens is 138 g/mol. The first-order chi connectivity index (χ1) is 5.29. The van der Waals surface area contributed by atoms with Crippen molar-refractivity contribution in [3.63, 3.8) is 0 Å². The Morgan fingerprint density at radius 1 is 1.55 bits per heavy atom. The lowest BCUT2D eigenvalue weighted by Gasteiger charge is -1.90. The molecule has 0 N–H and O–H groups in total. The molecule has 0 amide bonds. The smallest absolute Gasteiger partial charge is 0.308 e. The predicted octanol–water partition coefficient (Wildman–Crippen LogP) is 0.398. The molecule has 2 heterocycles. The van der Waals surface area contributed by atoms with Crippen molar-refractivity contribution in [2.45, 2.75) is 0 Å². The second kappa shape index (κ2) is 2.05. The van der Waals surface area contributed by atoms with Crippen molar-refractivity contribution in [3.8, 4) is 0 Å². The zero-order valence-corrected chi connectivity index (χ0v) is 6.65. The van der Waals surface area contributed by atoms with E-state index in [0.29, 0.717) is 0 Å². The molecule has 0 radical (unpaired) electrons. The molecule has 0 atom stereocenters. The highest BCUT2D eigenvalue weighted by Gasteiger charge is 2.08. The van der Waals surface area contributed by atoms with Crippen molar-refractivity contribution in [3.05, 3.63) is 24.7 Å². The lowest BCUT2D eigenvalue weighted by molar-refractivity contribution is -0.646. The van der Waals surface area contributed by atoms with E-state index in [1.54, 1.807) is 0 Å². The summed E-state index contributed by atoms with van der Waals surface area (Å²) in [4.78, 5) is 4.24. The summed E-state index contributed by atoms with van der Waals surface area (Å²) < 4.78 is 4.02. The van der Waals surface area contributed by atoms with E-state index in [1.165, 1.54) is 0 Å². The molecule has 0 aliphatic heterocycles. The van der Waals surface area contributed by atoms with Gasteiger partial charge in [0.05, 0.1) is 13.2 Å². The molecule has 0 saturated carbocycles. The number of rotatable bonds is 0. The lowest BCUT2D eigenvalue weighted by Crippen LogP contribution is -2.28. The molecule has 56 valence electrons. The summed E-state index contributed by atoms with van der Waals surface area (Å²) in [7, 11) is 3.99. The maximum Gasteiger partial charge on any atom is 0.348 e. The van der Waals surface area contributed by atoms with Crippen LogP contribution in [0.15, 0.2) is 24.7 Å². The van der Waals surface area contributed by atoms with Gasteiger partial charge in [-0.15, -0.1) is 0 Å². The molecule has 0 aromatic carbocycles. The van der Waals surface area contributed by atoms with Crippen molar-refractivity contribution in [1.82, 2.24) is 9.55 Å². The third-order valence-corrected chi connectivity index (χ3v) is 1.86. The molecule has 0 fully saturated rings. The Hall–Kier alpha value is -1.38. The Bertz CT molecular complexity index is 389.